The maximum atomic E-state index is 12.2. The molecule has 0 aromatic carbocycles. The van der Waals surface area contributed by atoms with Crippen molar-refractivity contribution >= 4 is 16.1 Å². The van der Waals surface area contributed by atoms with E-state index in [0.29, 0.717) is 39.1 Å². The van der Waals surface area contributed by atoms with E-state index in [-0.39, 0.29) is 29.7 Å². The highest BCUT2D eigenvalue weighted by molar-refractivity contribution is 7.89. The average molecular weight is 345 g/mol. The summed E-state index contributed by atoms with van der Waals surface area (Å²) in [4.78, 5) is 14.0. The van der Waals surface area contributed by atoms with E-state index in [1.54, 1.807) is 4.90 Å². The number of urea groups is 1. The summed E-state index contributed by atoms with van der Waals surface area (Å²) in [6.45, 7) is 8.30. The van der Waals surface area contributed by atoms with Crippen LogP contribution in [0.3, 0.4) is 0 Å². The molecule has 0 radical (unpaired) electrons. The average Bonchev–Trinajstić information content (AvgIpc) is 2.92. The van der Waals surface area contributed by atoms with Crippen LogP contribution in [-0.4, -0.2) is 57.4 Å². The minimum absolute atomic E-state index is 0.00215. The van der Waals surface area contributed by atoms with Crippen LogP contribution in [0, 0.1) is 11.8 Å². The number of ether oxygens (including phenoxy) is 1. The zero-order chi connectivity index (χ0) is 17.0. The van der Waals surface area contributed by atoms with Crippen LogP contribution in [0.15, 0.2) is 12.2 Å². The summed E-state index contributed by atoms with van der Waals surface area (Å²) in [7, 11) is -3.44. The van der Waals surface area contributed by atoms with Crippen molar-refractivity contribution in [1.29, 1.82) is 0 Å². The van der Waals surface area contributed by atoms with Gasteiger partial charge in [-0.15, -0.1) is 0 Å². The van der Waals surface area contributed by atoms with Gasteiger partial charge in [0.25, 0.3) is 0 Å². The number of sulfonamides is 1. The van der Waals surface area contributed by atoms with Gasteiger partial charge in [-0.25, -0.2) is 18.4 Å². The Labute approximate surface area is 138 Å². The molecule has 2 aliphatic heterocycles. The number of likely N-dealkylation sites (tertiary alicyclic amines) is 1. The number of amides is 2. The largest absolute Gasteiger partial charge is 0.374 e. The first-order valence-corrected chi connectivity index (χ1v) is 9.78. The topological polar surface area (TPSA) is 102 Å². The second-order valence-electron chi connectivity index (χ2n) is 6.63. The molecule has 2 saturated heterocycles. The van der Waals surface area contributed by atoms with Gasteiger partial charge < -0.3 is 15.0 Å². The molecule has 2 rings (SSSR count). The number of carbonyl (C=O) groups is 1. The lowest BCUT2D eigenvalue weighted by Crippen LogP contribution is -2.47. The van der Waals surface area contributed by atoms with E-state index in [1.165, 1.54) is 0 Å². The van der Waals surface area contributed by atoms with E-state index in [0.717, 1.165) is 12.0 Å². The van der Waals surface area contributed by atoms with Gasteiger partial charge in [0.1, 0.15) is 0 Å². The second-order valence-corrected chi connectivity index (χ2v) is 8.29. The van der Waals surface area contributed by atoms with Crippen molar-refractivity contribution in [2.24, 2.45) is 17.0 Å². The molecular formula is C15H27N3O4S. The molecule has 0 aromatic heterocycles. The highest BCUT2D eigenvalue weighted by atomic mass is 32.2. The Balaban J connectivity index is 1.74. The number of nitrogens with zero attached hydrogens (tertiary/aromatic N) is 1. The number of nitrogens with two attached hydrogens (primary N) is 1. The molecule has 0 aromatic rings. The molecule has 2 heterocycles. The van der Waals surface area contributed by atoms with Crippen molar-refractivity contribution in [2.45, 2.75) is 32.3 Å². The molecule has 2 aliphatic rings. The van der Waals surface area contributed by atoms with Crippen molar-refractivity contribution in [2.75, 3.05) is 32.0 Å². The second kappa shape index (κ2) is 7.63. The molecule has 0 bridgehead atoms. The predicted molar refractivity (Wildman–Crippen MR) is 88.3 cm³/mol. The molecule has 0 unspecified atom stereocenters. The van der Waals surface area contributed by atoms with E-state index < -0.39 is 10.0 Å². The third kappa shape index (κ3) is 5.47. The van der Waals surface area contributed by atoms with Crippen LogP contribution in [0.2, 0.25) is 0 Å². The Bertz CT molecular complexity index is 541. The van der Waals surface area contributed by atoms with Crippen molar-refractivity contribution in [1.82, 2.24) is 10.2 Å². The van der Waals surface area contributed by atoms with E-state index in [1.807, 2.05) is 6.92 Å². The number of nitrogens with one attached hydrogen (secondary N) is 1. The number of primary sulfonamides is 1. The van der Waals surface area contributed by atoms with Gasteiger partial charge in [-0.3, -0.25) is 0 Å². The van der Waals surface area contributed by atoms with E-state index in [9.17, 15) is 13.2 Å². The molecule has 0 saturated carbocycles. The smallest absolute Gasteiger partial charge is 0.317 e. The molecule has 2 atom stereocenters. The number of rotatable bonds is 5. The monoisotopic (exact) mass is 345 g/mol. The quantitative estimate of drug-likeness (QED) is 0.715. The lowest BCUT2D eigenvalue weighted by Gasteiger charge is -2.32. The molecule has 8 heteroatoms. The van der Waals surface area contributed by atoms with Crippen LogP contribution in [0.1, 0.15) is 26.2 Å². The fourth-order valence-electron chi connectivity index (χ4n) is 3.35. The van der Waals surface area contributed by atoms with Gasteiger partial charge in [-0.2, -0.15) is 0 Å². The van der Waals surface area contributed by atoms with Gasteiger partial charge in [-0.1, -0.05) is 12.2 Å². The van der Waals surface area contributed by atoms with Gasteiger partial charge >= 0.3 is 6.03 Å². The first-order chi connectivity index (χ1) is 10.8. The van der Waals surface area contributed by atoms with Gasteiger partial charge in [0.2, 0.25) is 10.0 Å². The van der Waals surface area contributed by atoms with Gasteiger partial charge in [0, 0.05) is 32.2 Å². The summed E-state index contributed by atoms with van der Waals surface area (Å²) < 4.78 is 27.9. The normalized spacial score (nSPS) is 26.3. The first-order valence-electron chi connectivity index (χ1n) is 8.06. The van der Waals surface area contributed by atoms with Crippen LogP contribution in [0.5, 0.6) is 0 Å². The Hall–Kier alpha value is -1.12. The van der Waals surface area contributed by atoms with Gasteiger partial charge in [-0.05, 0) is 32.1 Å². The number of hydrogen-bond acceptors (Lipinski definition) is 4. The van der Waals surface area contributed by atoms with Crippen LogP contribution in [0.25, 0.3) is 0 Å². The Morgan fingerprint density at radius 2 is 2.00 bits per heavy atom. The molecule has 0 aliphatic carbocycles. The Kier molecular flexibility index (Phi) is 6.05. The third-order valence-corrected chi connectivity index (χ3v) is 5.52. The van der Waals surface area contributed by atoms with Gasteiger partial charge in [0.05, 0.1) is 11.9 Å². The third-order valence-electron chi connectivity index (χ3n) is 4.59. The van der Waals surface area contributed by atoms with Crippen LogP contribution >= 0.6 is 0 Å². The molecule has 3 N–H and O–H groups in total. The fraction of sp³-hybridized carbons (Fsp3) is 0.800. The van der Waals surface area contributed by atoms with Crippen molar-refractivity contribution in [3.05, 3.63) is 12.2 Å². The number of piperidine rings is 1. The summed E-state index contributed by atoms with van der Waals surface area (Å²) >= 11 is 0. The molecule has 2 amide bonds. The summed E-state index contributed by atoms with van der Waals surface area (Å²) in [5.74, 6) is 0.323. The highest BCUT2D eigenvalue weighted by Crippen LogP contribution is 2.25. The maximum Gasteiger partial charge on any atom is 0.317 e. The van der Waals surface area contributed by atoms with E-state index >= 15 is 0 Å². The standard InChI is InChI=1S/C15H27N3O4S/c1-11(2)14-13(5-8-22-14)9-17-15(19)18-6-3-12(4-7-18)10-23(16,20)21/h12-14H,1,3-10H2,2H3,(H,17,19)(H2,16,20,21)/t13-,14+/m1/s1. The molecule has 23 heavy (non-hydrogen) atoms. The number of hydrogen-bond donors (Lipinski definition) is 2. The highest BCUT2D eigenvalue weighted by Gasteiger charge is 2.30. The van der Waals surface area contributed by atoms with Gasteiger partial charge in [0.15, 0.2) is 0 Å². The lowest BCUT2D eigenvalue weighted by atomic mass is 9.97. The Morgan fingerprint density at radius 1 is 1.35 bits per heavy atom. The maximum absolute atomic E-state index is 12.2. The van der Waals surface area contributed by atoms with Crippen LogP contribution < -0.4 is 10.5 Å². The predicted octanol–water partition coefficient (Wildman–Crippen LogP) is 0.678. The summed E-state index contributed by atoms with van der Waals surface area (Å²) in [6.07, 6.45) is 2.29. The Morgan fingerprint density at radius 3 is 2.57 bits per heavy atom. The van der Waals surface area contributed by atoms with E-state index in [2.05, 4.69) is 11.9 Å². The minimum Gasteiger partial charge on any atom is -0.374 e. The van der Waals surface area contributed by atoms with Crippen molar-refractivity contribution in [3.63, 3.8) is 0 Å². The molecule has 0 spiro atoms. The fourth-order valence-corrected chi connectivity index (χ4v) is 4.34. The SMILES string of the molecule is C=C(C)[C@@H]1OCC[C@@H]1CNC(=O)N1CCC(CS(N)(=O)=O)CC1. The van der Waals surface area contributed by atoms with Crippen molar-refractivity contribution < 1.29 is 17.9 Å². The van der Waals surface area contributed by atoms with Crippen LogP contribution in [0.4, 0.5) is 4.79 Å². The molecule has 7 nitrogen and oxygen atoms in total. The number of carbonyl (C=O) groups excluding carboxylic acids is 1. The first kappa shape index (κ1) is 18.2. The summed E-state index contributed by atoms with van der Waals surface area (Å²) in [6, 6.07) is -0.0913. The molecular weight excluding hydrogens is 318 g/mol. The molecule has 2 fully saturated rings. The molecule has 132 valence electrons. The van der Waals surface area contributed by atoms with E-state index in [4.69, 9.17) is 9.88 Å². The summed E-state index contributed by atoms with van der Waals surface area (Å²) in [5.41, 5.74) is 0.991. The lowest BCUT2D eigenvalue weighted by molar-refractivity contribution is 0.118. The zero-order valence-corrected chi connectivity index (χ0v) is 14.5. The minimum atomic E-state index is -3.44. The zero-order valence-electron chi connectivity index (χ0n) is 13.7. The van der Waals surface area contributed by atoms with Crippen LogP contribution in [-0.2, 0) is 14.8 Å². The summed E-state index contributed by atoms with van der Waals surface area (Å²) in [5, 5.41) is 8.04. The van der Waals surface area contributed by atoms with Crippen molar-refractivity contribution in [3.8, 4) is 0 Å².